The fourth-order valence-corrected chi connectivity index (χ4v) is 0.999. The number of aromatic nitrogens is 1. The van der Waals surface area contributed by atoms with Crippen LogP contribution in [0.15, 0.2) is 18.2 Å². The van der Waals surface area contributed by atoms with Gasteiger partial charge in [-0.15, -0.1) is 0 Å². The third-order valence-electron chi connectivity index (χ3n) is 1.91. The molecule has 1 aliphatic carbocycles. The third-order valence-corrected chi connectivity index (χ3v) is 1.91. The maximum absolute atomic E-state index is 5.49. The predicted octanol–water partition coefficient (Wildman–Crippen LogP) is 1.45. The predicted molar refractivity (Wildman–Crippen MR) is 46.9 cm³/mol. The van der Waals surface area contributed by atoms with Gasteiger partial charge in [-0.2, -0.15) is 4.98 Å². The zero-order chi connectivity index (χ0) is 8.39. The molecule has 0 radical (unpaired) electrons. The molecular formula is C9H12N2O. The van der Waals surface area contributed by atoms with E-state index in [1.165, 1.54) is 12.8 Å². The van der Waals surface area contributed by atoms with Crippen molar-refractivity contribution in [3.8, 4) is 5.88 Å². The van der Waals surface area contributed by atoms with Crippen LogP contribution in [0.2, 0.25) is 0 Å². The average molecular weight is 164 g/mol. The van der Waals surface area contributed by atoms with E-state index < -0.39 is 0 Å². The number of hydrogen-bond donors (Lipinski definition) is 1. The van der Waals surface area contributed by atoms with Crippen molar-refractivity contribution >= 4 is 5.82 Å². The zero-order valence-corrected chi connectivity index (χ0v) is 6.86. The molecular weight excluding hydrogens is 152 g/mol. The quantitative estimate of drug-likeness (QED) is 0.735. The Bertz CT molecular complexity index is 271. The largest absolute Gasteiger partial charge is 0.477 e. The molecule has 1 aromatic heterocycles. The van der Waals surface area contributed by atoms with Crippen molar-refractivity contribution in [2.45, 2.75) is 12.8 Å². The molecule has 0 amide bonds. The molecule has 1 aliphatic rings. The van der Waals surface area contributed by atoms with E-state index >= 15 is 0 Å². The summed E-state index contributed by atoms with van der Waals surface area (Å²) in [6, 6.07) is 5.44. The van der Waals surface area contributed by atoms with Crippen molar-refractivity contribution in [3.05, 3.63) is 18.2 Å². The second kappa shape index (κ2) is 3.01. The maximum atomic E-state index is 5.49. The molecule has 0 unspecified atom stereocenters. The number of hydrogen-bond acceptors (Lipinski definition) is 3. The van der Waals surface area contributed by atoms with Gasteiger partial charge in [0.15, 0.2) is 0 Å². The van der Waals surface area contributed by atoms with Gasteiger partial charge >= 0.3 is 0 Å². The summed E-state index contributed by atoms with van der Waals surface area (Å²) in [5.41, 5.74) is 5.49. The minimum absolute atomic E-state index is 0.517. The van der Waals surface area contributed by atoms with Gasteiger partial charge in [-0.1, -0.05) is 6.07 Å². The number of anilines is 1. The second-order valence-electron chi connectivity index (χ2n) is 3.16. The summed E-state index contributed by atoms with van der Waals surface area (Å²) < 4.78 is 5.42. The Labute approximate surface area is 71.6 Å². The molecule has 3 nitrogen and oxygen atoms in total. The van der Waals surface area contributed by atoms with Gasteiger partial charge in [-0.3, -0.25) is 0 Å². The fraction of sp³-hybridized carbons (Fsp3) is 0.444. The van der Waals surface area contributed by atoms with Gasteiger partial charge < -0.3 is 10.5 Å². The van der Waals surface area contributed by atoms with E-state index in [4.69, 9.17) is 10.5 Å². The summed E-state index contributed by atoms with van der Waals surface area (Å²) in [5, 5.41) is 0. The van der Waals surface area contributed by atoms with Gasteiger partial charge in [0.2, 0.25) is 5.88 Å². The molecule has 64 valence electrons. The Hall–Kier alpha value is -1.25. The minimum atomic E-state index is 0.517. The van der Waals surface area contributed by atoms with Crippen LogP contribution in [0, 0.1) is 5.92 Å². The van der Waals surface area contributed by atoms with E-state index in [1.54, 1.807) is 6.07 Å². The number of rotatable bonds is 3. The van der Waals surface area contributed by atoms with Crippen molar-refractivity contribution in [2.24, 2.45) is 5.92 Å². The van der Waals surface area contributed by atoms with E-state index in [1.807, 2.05) is 12.1 Å². The van der Waals surface area contributed by atoms with Crippen LogP contribution in [0.5, 0.6) is 5.88 Å². The summed E-state index contributed by atoms with van der Waals surface area (Å²) in [5.74, 6) is 1.92. The lowest BCUT2D eigenvalue weighted by molar-refractivity contribution is 0.289. The monoisotopic (exact) mass is 164 g/mol. The molecule has 1 saturated carbocycles. The van der Waals surface area contributed by atoms with Crippen LogP contribution in [-0.2, 0) is 0 Å². The van der Waals surface area contributed by atoms with Gasteiger partial charge in [-0.25, -0.2) is 0 Å². The fourth-order valence-electron chi connectivity index (χ4n) is 0.999. The highest BCUT2D eigenvalue weighted by atomic mass is 16.5. The van der Waals surface area contributed by atoms with Gasteiger partial charge in [0.25, 0.3) is 0 Å². The number of ether oxygens (including phenoxy) is 1. The molecule has 0 bridgehead atoms. The van der Waals surface area contributed by atoms with Crippen molar-refractivity contribution in [2.75, 3.05) is 12.3 Å². The lowest BCUT2D eigenvalue weighted by Crippen LogP contribution is -2.01. The molecule has 2 rings (SSSR count). The molecule has 2 N–H and O–H groups in total. The summed E-state index contributed by atoms with van der Waals surface area (Å²) in [6.45, 7) is 0.788. The third kappa shape index (κ3) is 1.87. The van der Waals surface area contributed by atoms with E-state index in [0.717, 1.165) is 12.5 Å². The SMILES string of the molecule is Nc1cccc(OCC2CC2)n1. The molecule has 0 aromatic carbocycles. The second-order valence-corrected chi connectivity index (χ2v) is 3.16. The highest BCUT2D eigenvalue weighted by Crippen LogP contribution is 2.29. The molecule has 0 atom stereocenters. The Balaban J connectivity index is 1.92. The van der Waals surface area contributed by atoms with Crippen molar-refractivity contribution < 1.29 is 4.74 Å². The number of nitrogen functional groups attached to an aromatic ring is 1. The van der Waals surface area contributed by atoms with Crippen molar-refractivity contribution in [1.82, 2.24) is 4.98 Å². The summed E-state index contributed by atoms with van der Waals surface area (Å²) in [6.07, 6.45) is 2.59. The topological polar surface area (TPSA) is 48.1 Å². The summed E-state index contributed by atoms with van der Waals surface area (Å²) in [7, 11) is 0. The molecule has 0 aliphatic heterocycles. The number of nitrogens with zero attached hydrogens (tertiary/aromatic N) is 1. The Kier molecular flexibility index (Phi) is 1.86. The Morgan fingerprint density at radius 1 is 1.50 bits per heavy atom. The minimum Gasteiger partial charge on any atom is -0.477 e. The average Bonchev–Trinajstić information content (AvgIpc) is 2.84. The molecule has 12 heavy (non-hydrogen) atoms. The highest BCUT2D eigenvalue weighted by Gasteiger charge is 2.21. The highest BCUT2D eigenvalue weighted by molar-refractivity contribution is 5.31. The van der Waals surface area contributed by atoms with Crippen LogP contribution in [0.25, 0.3) is 0 Å². The smallest absolute Gasteiger partial charge is 0.215 e. The van der Waals surface area contributed by atoms with Crippen molar-refractivity contribution in [1.29, 1.82) is 0 Å². The maximum Gasteiger partial charge on any atom is 0.215 e. The zero-order valence-electron chi connectivity index (χ0n) is 6.86. The van der Waals surface area contributed by atoms with E-state index in [2.05, 4.69) is 4.98 Å². The number of nitrogens with two attached hydrogens (primary N) is 1. The molecule has 0 spiro atoms. The molecule has 3 heteroatoms. The first kappa shape index (κ1) is 7.40. The van der Waals surface area contributed by atoms with Gasteiger partial charge in [-0.05, 0) is 24.8 Å². The van der Waals surface area contributed by atoms with Gasteiger partial charge in [0.05, 0.1) is 6.61 Å². The molecule has 1 aromatic rings. The first-order chi connectivity index (χ1) is 5.84. The lowest BCUT2D eigenvalue weighted by Gasteiger charge is -2.03. The van der Waals surface area contributed by atoms with Crippen LogP contribution >= 0.6 is 0 Å². The molecule has 0 saturated heterocycles. The van der Waals surface area contributed by atoms with E-state index in [-0.39, 0.29) is 0 Å². The summed E-state index contributed by atoms with van der Waals surface area (Å²) in [4.78, 5) is 4.03. The van der Waals surface area contributed by atoms with Gasteiger partial charge in [0, 0.05) is 6.07 Å². The van der Waals surface area contributed by atoms with Crippen LogP contribution in [0.3, 0.4) is 0 Å². The first-order valence-electron chi connectivity index (χ1n) is 4.20. The van der Waals surface area contributed by atoms with Gasteiger partial charge in [0.1, 0.15) is 5.82 Å². The Morgan fingerprint density at radius 2 is 2.33 bits per heavy atom. The molecule has 1 fully saturated rings. The van der Waals surface area contributed by atoms with Crippen LogP contribution < -0.4 is 10.5 Å². The first-order valence-corrected chi connectivity index (χ1v) is 4.20. The van der Waals surface area contributed by atoms with Crippen LogP contribution in [0.1, 0.15) is 12.8 Å². The van der Waals surface area contributed by atoms with Crippen LogP contribution in [-0.4, -0.2) is 11.6 Å². The standard InChI is InChI=1S/C9H12N2O/c10-8-2-1-3-9(11-8)12-6-7-4-5-7/h1-3,7H,4-6H2,(H2,10,11). The lowest BCUT2D eigenvalue weighted by atomic mass is 10.4. The Morgan fingerprint density at radius 3 is 3.00 bits per heavy atom. The van der Waals surface area contributed by atoms with Crippen molar-refractivity contribution in [3.63, 3.8) is 0 Å². The van der Waals surface area contributed by atoms with Crippen LogP contribution in [0.4, 0.5) is 5.82 Å². The normalized spacial score (nSPS) is 16.0. The van der Waals surface area contributed by atoms with E-state index in [0.29, 0.717) is 11.7 Å². The molecule has 1 heterocycles. The summed E-state index contributed by atoms with van der Waals surface area (Å²) >= 11 is 0. The number of pyridine rings is 1. The van der Waals surface area contributed by atoms with E-state index in [9.17, 15) is 0 Å².